The normalized spacial score (nSPS) is 14.5. The van der Waals surface area contributed by atoms with Gasteiger partial charge >= 0.3 is 12.2 Å². The van der Waals surface area contributed by atoms with Crippen LogP contribution in [0.15, 0.2) is 54.6 Å². The molecule has 0 radical (unpaired) electrons. The lowest BCUT2D eigenvalue weighted by molar-refractivity contribution is -0.137. The summed E-state index contributed by atoms with van der Waals surface area (Å²) in [6, 6.07) is 14.0. The second-order valence-corrected chi connectivity index (χ2v) is 9.70. The Morgan fingerprint density at radius 3 is 2.46 bits per heavy atom. The van der Waals surface area contributed by atoms with E-state index in [1.165, 1.54) is 12.1 Å². The van der Waals surface area contributed by atoms with Crippen LogP contribution in [-0.4, -0.2) is 79.1 Å². The average Bonchev–Trinajstić information content (AvgIpc) is 3.24. The van der Waals surface area contributed by atoms with Gasteiger partial charge in [0.15, 0.2) is 0 Å². The Labute approximate surface area is 226 Å². The van der Waals surface area contributed by atoms with E-state index in [1.807, 2.05) is 41.9 Å². The van der Waals surface area contributed by atoms with Gasteiger partial charge in [0.1, 0.15) is 5.82 Å². The van der Waals surface area contributed by atoms with Crippen LogP contribution in [0.5, 0.6) is 0 Å². The molecular weight excluding hydrogens is 509 g/mol. The van der Waals surface area contributed by atoms with Gasteiger partial charge in [-0.2, -0.15) is 18.3 Å². The maximum absolute atomic E-state index is 13.4. The zero-order valence-electron chi connectivity index (χ0n) is 22.5. The topological polar surface area (TPSA) is 65.9 Å². The van der Waals surface area contributed by atoms with E-state index in [4.69, 9.17) is 9.84 Å². The summed E-state index contributed by atoms with van der Waals surface area (Å²) in [5, 5.41) is 7.52. The van der Waals surface area contributed by atoms with Gasteiger partial charge in [0.05, 0.1) is 23.5 Å². The van der Waals surface area contributed by atoms with Gasteiger partial charge < -0.3 is 24.8 Å². The van der Waals surface area contributed by atoms with Gasteiger partial charge in [-0.25, -0.2) is 9.48 Å². The van der Waals surface area contributed by atoms with E-state index >= 15 is 0 Å². The van der Waals surface area contributed by atoms with E-state index < -0.39 is 17.8 Å². The molecule has 3 aromatic rings. The van der Waals surface area contributed by atoms with Crippen LogP contribution in [0.1, 0.15) is 23.2 Å². The molecule has 2 amide bonds. The second-order valence-electron chi connectivity index (χ2n) is 9.70. The Hall–Kier alpha value is -3.57. The van der Waals surface area contributed by atoms with Crippen LogP contribution in [0.25, 0.3) is 5.69 Å². The SMILES string of the molecule is COCCCN(Cc1c(C)nn(-c2ccccc2)c1N1CCN(C)CC1)C(=O)Nc1cccc(C(F)(F)F)c1. The molecular formula is C28H35F3N6O2. The molecule has 2 heterocycles. The number of carbonyl (C=O) groups excluding carboxylic acids is 1. The van der Waals surface area contributed by atoms with E-state index in [2.05, 4.69) is 22.2 Å². The van der Waals surface area contributed by atoms with Gasteiger partial charge in [0.25, 0.3) is 0 Å². The number of aromatic nitrogens is 2. The lowest BCUT2D eigenvalue weighted by atomic mass is 10.1. The first kappa shape index (κ1) is 28.4. The molecule has 1 aromatic heterocycles. The minimum Gasteiger partial charge on any atom is -0.385 e. The number of ether oxygens (including phenoxy) is 1. The number of rotatable bonds is 9. The highest BCUT2D eigenvalue weighted by atomic mass is 19.4. The molecule has 0 aliphatic carbocycles. The number of anilines is 2. The maximum atomic E-state index is 13.4. The van der Waals surface area contributed by atoms with E-state index in [0.717, 1.165) is 61.1 Å². The van der Waals surface area contributed by atoms with Crippen LogP contribution in [0.3, 0.4) is 0 Å². The molecule has 1 fully saturated rings. The molecule has 1 N–H and O–H groups in total. The fraction of sp³-hybridized carbons (Fsp3) is 0.429. The summed E-state index contributed by atoms with van der Waals surface area (Å²) in [7, 11) is 3.68. The lowest BCUT2D eigenvalue weighted by Crippen LogP contribution is -2.45. The third-order valence-electron chi connectivity index (χ3n) is 6.81. The number of amides is 2. The van der Waals surface area contributed by atoms with E-state index in [1.54, 1.807) is 12.0 Å². The van der Waals surface area contributed by atoms with Crippen molar-refractivity contribution in [2.24, 2.45) is 0 Å². The number of carbonyl (C=O) groups is 1. The van der Waals surface area contributed by atoms with Gasteiger partial charge in [0.2, 0.25) is 0 Å². The molecule has 0 bridgehead atoms. The Morgan fingerprint density at radius 1 is 1.08 bits per heavy atom. The number of halogens is 3. The zero-order chi connectivity index (χ0) is 28.0. The summed E-state index contributed by atoms with van der Waals surface area (Å²) in [6.07, 6.45) is -3.93. The quantitative estimate of drug-likeness (QED) is 0.383. The van der Waals surface area contributed by atoms with Gasteiger partial charge in [-0.1, -0.05) is 24.3 Å². The summed E-state index contributed by atoms with van der Waals surface area (Å²) in [6.45, 7) is 6.38. The van der Waals surface area contributed by atoms with Crippen LogP contribution in [-0.2, 0) is 17.5 Å². The molecule has 0 atom stereocenters. The van der Waals surface area contributed by atoms with Crippen molar-refractivity contribution < 1.29 is 22.7 Å². The molecule has 8 nitrogen and oxygen atoms in total. The highest BCUT2D eigenvalue weighted by Gasteiger charge is 2.31. The van der Waals surface area contributed by atoms with E-state index in [9.17, 15) is 18.0 Å². The van der Waals surface area contributed by atoms with Crippen LogP contribution in [0.2, 0.25) is 0 Å². The second kappa shape index (κ2) is 12.5. The largest absolute Gasteiger partial charge is 0.416 e. The van der Waals surface area contributed by atoms with Crippen molar-refractivity contribution >= 4 is 17.5 Å². The van der Waals surface area contributed by atoms with Crippen LogP contribution in [0, 0.1) is 6.92 Å². The fourth-order valence-electron chi connectivity index (χ4n) is 4.64. The minimum atomic E-state index is -4.50. The molecule has 1 aliphatic heterocycles. The lowest BCUT2D eigenvalue weighted by Gasteiger charge is -2.35. The van der Waals surface area contributed by atoms with Crippen molar-refractivity contribution in [3.05, 3.63) is 71.4 Å². The maximum Gasteiger partial charge on any atom is 0.416 e. The van der Waals surface area contributed by atoms with Gasteiger partial charge in [-0.3, -0.25) is 0 Å². The number of methoxy groups -OCH3 is 1. The highest BCUT2D eigenvalue weighted by Crippen LogP contribution is 2.32. The number of hydrogen-bond donors (Lipinski definition) is 1. The Kier molecular flexibility index (Phi) is 9.13. The monoisotopic (exact) mass is 544 g/mol. The van der Waals surface area contributed by atoms with Crippen LogP contribution in [0.4, 0.5) is 29.5 Å². The number of aryl methyl sites for hydroxylation is 1. The molecule has 0 spiro atoms. The molecule has 0 unspecified atom stereocenters. The smallest absolute Gasteiger partial charge is 0.385 e. The standard InChI is InChI=1S/C28H35F3N6O2/c1-21-25(26(35-16-14-34(2)15-17-35)37(33-21)24-11-5-4-6-12-24)20-36(13-8-18-39-3)27(38)32-23-10-7-9-22(19-23)28(29,30)31/h4-7,9-12,19H,8,13-18,20H2,1-3H3,(H,32,38). The van der Waals surface area contributed by atoms with Crippen molar-refractivity contribution in [3.63, 3.8) is 0 Å². The molecule has 1 aliphatic rings. The first-order valence-corrected chi connectivity index (χ1v) is 13.0. The third-order valence-corrected chi connectivity index (χ3v) is 6.81. The summed E-state index contributed by atoms with van der Waals surface area (Å²) in [5.74, 6) is 0.926. The third kappa shape index (κ3) is 7.10. The number of alkyl halides is 3. The van der Waals surface area contributed by atoms with Crippen molar-refractivity contribution in [1.82, 2.24) is 19.6 Å². The van der Waals surface area contributed by atoms with Crippen molar-refractivity contribution in [2.75, 3.05) is 63.7 Å². The molecule has 2 aromatic carbocycles. The predicted octanol–water partition coefficient (Wildman–Crippen LogP) is 5.02. The van der Waals surface area contributed by atoms with E-state index in [-0.39, 0.29) is 12.2 Å². The first-order chi connectivity index (χ1) is 18.7. The number of hydrogen-bond acceptors (Lipinski definition) is 5. The van der Waals surface area contributed by atoms with Crippen LogP contribution >= 0.6 is 0 Å². The summed E-state index contributed by atoms with van der Waals surface area (Å²) < 4.78 is 46.8. The van der Waals surface area contributed by atoms with Crippen LogP contribution < -0.4 is 10.2 Å². The van der Waals surface area contributed by atoms with Crippen molar-refractivity contribution in [1.29, 1.82) is 0 Å². The minimum absolute atomic E-state index is 0.0857. The number of urea groups is 1. The molecule has 39 heavy (non-hydrogen) atoms. The summed E-state index contributed by atoms with van der Waals surface area (Å²) in [4.78, 5) is 19.6. The van der Waals surface area contributed by atoms with E-state index in [0.29, 0.717) is 19.6 Å². The Morgan fingerprint density at radius 2 is 1.79 bits per heavy atom. The van der Waals surface area contributed by atoms with Crippen molar-refractivity contribution in [2.45, 2.75) is 26.1 Å². The first-order valence-electron chi connectivity index (χ1n) is 13.0. The number of nitrogens with zero attached hydrogens (tertiary/aromatic N) is 5. The molecule has 210 valence electrons. The van der Waals surface area contributed by atoms with Gasteiger partial charge in [-0.05, 0) is 50.7 Å². The number of nitrogens with one attached hydrogen (secondary N) is 1. The fourth-order valence-corrected chi connectivity index (χ4v) is 4.64. The zero-order valence-corrected chi connectivity index (χ0v) is 22.5. The predicted molar refractivity (Wildman–Crippen MR) is 145 cm³/mol. The Balaban J connectivity index is 1.66. The summed E-state index contributed by atoms with van der Waals surface area (Å²) in [5.41, 5.74) is 1.88. The number of piperazine rings is 1. The summed E-state index contributed by atoms with van der Waals surface area (Å²) >= 11 is 0. The molecule has 4 rings (SSSR count). The van der Waals surface area contributed by atoms with Gasteiger partial charge in [-0.15, -0.1) is 0 Å². The molecule has 11 heteroatoms. The highest BCUT2D eigenvalue weighted by molar-refractivity contribution is 5.89. The average molecular weight is 545 g/mol. The van der Waals surface area contributed by atoms with Gasteiger partial charge in [0, 0.05) is 57.7 Å². The number of likely N-dealkylation sites (N-methyl/N-ethyl adjacent to an activating group) is 1. The molecule has 0 saturated carbocycles. The number of benzene rings is 2. The van der Waals surface area contributed by atoms with Crippen molar-refractivity contribution in [3.8, 4) is 5.69 Å². The molecule has 1 saturated heterocycles. The Bertz CT molecular complexity index is 1240. The number of para-hydroxylation sites is 1.